The van der Waals surface area contributed by atoms with Gasteiger partial charge in [-0.05, 0) is 52.7 Å². The number of hydrogen-bond donors (Lipinski definition) is 0. The number of ether oxygens (including phenoxy) is 1. The molecule has 1 nitrogen and oxygen atoms in total. The minimum absolute atomic E-state index is 0.479. The van der Waals surface area contributed by atoms with E-state index in [1.165, 1.54) is 5.56 Å². The lowest BCUT2D eigenvalue weighted by atomic mass is 10.2. The molecule has 2 aromatic rings. The highest BCUT2D eigenvalue weighted by atomic mass is 79.9. The summed E-state index contributed by atoms with van der Waals surface area (Å²) in [5.41, 5.74) is 1.17. The van der Waals surface area contributed by atoms with E-state index < -0.39 is 0 Å². The predicted octanol–water partition coefficient (Wildman–Crippen LogP) is 5.86. The molecule has 0 radical (unpaired) electrons. The van der Waals surface area contributed by atoms with Crippen molar-refractivity contribution in [1.29, 1.82) is 0 Å². The van der Waals surface area contributed by atoms with Crippen molar-refractivity contribution in [2.24, 2.45) is 0 Å². The van der Waals surface area contributed by atoms with Crippen molar-refractivity contribution in [3.05, 3.63) is 56.5 Å². The summed E-state index contributed by atoms with van der Waals surface area (Å²) in [6.45, 7) is 2.02. The van der Waals surface area contributed by atoms with Gasteiger partial charge < -0.3 is 4.74 Å². The van der Waals surface area contributed by atoms with Gasteiger partial charge in [0.15, 0.2) is 0 Å². The third-order valence-corrected chi connectivity index (χ3v) is 3.56. The molecule has 0 aliphatic heterocycles. The van der Waals surface area contributed by atoms with E-state index in [2.05, 4.69) is 15.9 Å². The molecular formula is C13H9BrCl2O. The topological polar surface area (TPSA) is 9.23 Å². The van der Waals surface area contributed by atoms with E-state index in [-0.39, 0.29) is 0 Å². The number of aryl methyl sites for hydroxylation is 1. The first-order valence-electron chi connectivity index (χ1n) is 4.95. The average molecular weight is 332 g/mol. The summed E-state index contributed by atoms with van der Waals surface area (Å²) in [4.78, 5) is 0. The van der Waals surface area contributed by atoms with E-state index in [1.807, 2.05) is 25.1 Å². The Bertz CT molecular complexity index is 555. The largest absolute Gasteiger partial charge is 0.456 e. The lowest BCUT2D eigenvalue weighted by Crippen LogP contribution is -1.86. The maximum atomic E-state index is 5.92. The van der Waals surface area contributed by atoms with Gasteiger partial charge in [-0.15, -0.1) is 0 Å². The third-order valence-electron chi connectivity index (χ3n) is 2.21. The molecule has 0 unspecified atom stereocenters. The van der Waals surface area contributed by atoms with Gasteiger partial charge in [-0.3, -0.25) is 0 Å². The van der Waals surface area contributed by atoms with Gasteiger partial charge in [0, 0.05) is 6.07 Å². The molecule has 2 rings (SSSR count). The van der Waals surface area contributed by atoms with Crippen LogP contribution in [0.25, 0.3) is 0 Å². The summed E-state index contributed by atoms with van der Waals surface area (Å²) in [5.74, 6) is 1.40. The highest BCUT2D eigenvalue weighted by molar-refractivity contribution is 9.10. The molecule has 0 spiro atoms. The SMILES string of the molecule is Cc1ccc(Oc2ccc(Cl)c(Cl)c2)c(Br)c1. The van der Waals surface area contributed by atoms with Crippen molar-refractivity contribution in [3.8, 4) is 11.5 Å². The molecule has 0 saturated carbocycles. The second-order valence-electron chi connectivity index (χ2n) is 3.61. The first kappa shape index (κ1) is 12.7. The molecule has 0 aromatic heterocycles. The maximum absolute atomic E-state index is 5.92. The zero-order chi connectivity index (χ0) is 12.4. The normalized spacial score (nSPS) is 10.4. The van der Waals surface area contributed by atoms with E-state index in [1.54, 1.807) is 18.2 Å². The number of benzene rings is 2. The van der Waals surface area contributed by atoms with Crippen LogP contribution in [0.1, 0.15) is 5.56 Å². The fourth-order valence-corrected chi connectivity index (χ4v) is 2.22. The molecule has 0 aliphatic carbocycles. The molecule has 0 aliphatic rings. The fourth-order valence-electron chi connectivity index (χ4n) is 1.36. The fraction of sp³-hybridized carbons (Fsp3) is 0.0769. The molecule has 0 atom stereocenters. The zero-order valence-electron chi connectivity index (χ0n) is 9.01. The van der Waals surface area contributed by atoms with Crippen molar-refractivity contribution in [3.63, 3.8) is 0 Å². The molecule has 2 aromatic carbocycles. The Balaban J connectivity index is 2.28. The van der Waals surface area contributed by atoms with Crippen LogP contribution in [0, 0.1) is 6.92 Å². The van der Waals surface area contributed by atoms with Crippen LogP contribution in [0.5, 0.6) is 11.5 Å². The molecule has 0 fully saturated rings. The number of halogens is 3. The van der Waals surface area contributed by atoms with E-state index in [4.69, 9.17) is 27.9 Å². The first-order chi connectivity index (χ1) is 8.06. The summed E-state index contributed by atoms with van der Waals surface area (Å²) in [6.07, 6.45) is 0. The predicted molar refractivity (Wildman–Crippen MR) is 75.4 cm³/mol. The highest BCUT2D eigenvalue weighted by Gasteiger charge is 2.05. The van der Waals surface area contributed by atoms with Crippen LogP contribution in [0.4, 0.5) is 0 Å². The standard InChI is InChI=1S/C13H9BrCl2O/c1-8-2-5-13(10(14)6-8)17-9-3-4-11(15)12(16)7-9/h2-7H,1H3. The van der Waals surface area contributed by atoms with Crippen LogP contribution in [0.3, 0.4) is 0 Å². The second kappa shape index (κ2) is 5.30. The summed E-state index contributed by atoms with van der Waals surface area (Å²) in [7, 11) is 0. The van der Waals surface area contributed by atoms with Gasteiger partial charge in [0.05, 0.1) is 14.5 Å². The highest BCUT2D eigenvalue weighted by Crippen LogP contribution is 2.33. The van der Waals surface area contributed by atoms with E-state index >= 15 is 0 Å². The molecule has 0 amide bonds. The van der Waals surface area contributed by atoms with Crippen LogP contribution in [0.15, 0.2) is 40.9 Å². The molecule has 17 heavy (non-hydrogen) atoms. The monoisotopic (exact) mass is 330 g/mol. The summed E-state index contributed by atoms with van der Waals surface area (Å²) in [6, 6.07) is 11.1. The molecule has 88 valence electrons. The van der Waals surface area contributed by atoms with Gasteiger partial charge in [-0.2, -0.15) is 0 Å². The third kappa shape index (κ3) is 3.15. The van der Waals surface area contributed by atoms with E-state index in [0.29, 0.717) is 15.8 Å². The average Bonchev–Trinajstić information content (AvgIpc) is 2.27. The van der Waals surface area contributed by atoms with Crippen LogP contribution in [-0.4, -0.2) is 0 Å². The molecular weight excluding hydrogens is 323 g/mol. The lowest BCUT2D eigenvalue weighted by Gasteiger charge is -2.09. The summed E-state index contributed by atoms with van der Waals surface area (Å²) < 4.78 is 6.62. The van der Waals surface area contributed by atoms with Gasteiger partial charge in [0.25, 0.3) is 0 Å². The zero-order valence-corrected chi connectivity index (χ0v) is 12.1. The quantitative estimate of drug-likeness (QED) is 0.670. The first-order valence-corrected chi connectivity index (χ1v) is 6.50. The molecule has 0 N–H and O–H groups in total. The molecule has 0 bridgehead atoms. The Hall–Kier alpha value is -0.700. The van der Waals surface area contributed by atoms with Gasteiger partial charge in [-0.25, -0.2) is 0 Å². The van der Waals surface area contributed by atoms with Crippen molar-refractivity contribution < 1.29 is 4.74 Å². The summed E-state index contributed by atoms with van der Waals surface area (Å²) in [5, 5.41) is 0.995. The minimum Gasteiger partial charge on any atom is -0.456 e. The smallest absolute Gasteiger partial charge is 0.141 e. The van der Waals surface area contributed by atoms with Gasteiger partial charge in [0.1, 0.15) is 11.5 Å². The van der Waals surface area contributed by atoms with Crippen LogP contribution >= 0.6 is 39.1 Å². The molecule has 4 heteroatoms. The lowest BCUT2D eigenvalue weighted by molar-refractivity contribution is 0.479. The Morgan fingerprint density at radius 1 is 1.00 bits per heavy atom. The number of rotatable bonds is 2. The van der Waals surface area contributed by atoms with E-state index in [9.17, 15) is 0 Å². The Labute approximate surface area is 118 Å². The van der Waals surface area contributed by atoms with Crippen molar-refractivity contribution in [2.75, 3.05) is 0 Å². The number of hydrogen-bond acceptors (Lipinski definition) is 1. The Morgan fingerprint density at radius 2 is 1.76 bits per heavy atom. The molecule has 0 heterocycles. The van der Waals surface area contributed by atoms with Crippen molar-refractivity contribution in [2.45, 2.75) is 6.92 Å². The van der Waals surface area contributed by atoms with Gasteiger partial charge in [-0.1, -0.05) is 29.3 Å². The Kier molecular flexibility index (Phi) is 3.97. The van der Waals surface area contributed by atoms with Crippen molar-refractivity contribution >= 4 is 39.1 Å². The van der Waals surface area contributed by atoms with Crippen molar-refractivity contribution in [1.82, 2.24) is 0 Å². The minimum atomic E-state index is 0.479. The van der Waals surface area contributed by atoms with Crippen LogP contribution in [0.2, 0.25) is 10.0 Å². The molecule has 0 saturated heterocycles. The maximum Gasteiger partial charge on any atom is 0.141 e. The van der Waals surface area contributed by atoms with Gasteiger partial charge >= 0.3 is 0 Å². The van der Waals surface area contributed by atoms with Crippen LogP contribution in [-0.2, 0) is 0 Å². The van der Waals surface area contributed by atoms with Gasteiger partial charge in [0.2, 0.25) is 0 Å². The van der Waals surface area contributed by atoms with Crippen LogP contribution < -0.4 is 4.74 Å². The van der Waals surface area contributed by atoms with E-state index in [0.717, 1.165) is 10.2 Å². The second-order valence-corrected chi connectivity index (χ2v) is 5.28. The Morgan fingerprint density at radius 3 is 2.41 bits per heavy atom. The summed E-state index contributed by atoms with van der Waals surface area (Å²) >= 11 is 15.2.